The minimum Gasteiger partial charge on any atom is -0.0885 e. The Morgan fingerprint density at radius 2 is 1.31 bits per heavy atom. The fourth-order valence-corrected chi connectivity index (χ4v) is 1.35. The highest BCUT2D eigenvalue weighted by Crippen LogP contribution is 2.03. The maximum Gasteiger partial charge on any atom is -0.0133 e. The molecule has 0 aromatic rings. The van der Waals surface area contributed by atoms with Gasteiger partial charge < -0.3 is 0 Å². The average Bonchev–Trinajstić information content (AvgIpc) is 2.18. The Kier molecular flexibility index (Phi) is 6.22. The molecule has 0 aliphatic heterocycles. The summed E-state index contributed by atoms with van der Waals surface area (Å²) in [6.45, 7) is 0. The molecule has 0 spiro atoms. The summed E-state index contributed by atoms with van der Waals surface area (Å²) in [5.41, 5.74) is 0. The molecule has 0 N–H and O–H groups in total. The quantitative estimate of drug-likeness (QED) is 0.484. The molecule has 0 heteroatoms. The van der Waals surface area contributed by atoms with Gasteiger partial charge in [-0.1, -0.05) is 36.5 Å². The predicted molar refractivity (Wildman–Crippen MR) is 59.4 cm³/mol. The highest BCUT2D eigenvalue weighted by atomic mass is 13.9. The van der Waals surface area contributed by atoms with Crippen molar-refractivity contribution in [2.24, 2.45) is 0 Å². The molecule has 1 radical (unpaired) electrons. The Morgan fingerprint density at radius 3 is 2.23 bits per heavy atom. The van der Waals surface area contributed by atoms with Crippen LogP contribution in [0.1, 0.15) is 38.5 Å². The van der Waals surface area contributed by atoms with E-state index in [9.17, 15) is 0 Å². The van der Waals surface area contributed by atoms with Crippen molar-refractivity contribution < 1.29 is 0 Å². The van der Waals surface area contributed by atoms with E-state index in [1.807, 2.05) is 0 Å². The topological polar surface area (TPSA) is 0 Å². The molecule has 71 valence electrons. The van der Waals surface area contributed by atoms with Crippen LogP contribution in [0.4, 0.5) is 0 Å². The van der Waals surface area contributed by atoms with Crippen molar-refractivity contribution in [2.75, 3.05) is 0 Å². The monoisotopic (exact) mass is 175 g/mol. The summed E-state index contributed by atoms with van der Waals surface area (Å²) in [5, 5.41) is 0. The van der Waals surface area contributed by atoms with Crippen molar-refractivity contribution in [3.8, 4) is 0 Å². The van der Waals surface area contributed by atoms with Crippen molar-refractivity contribution in [3.05, 3.63) is 42.9 Å². The van der Waals surface area contributed by atoms with Crippen molar-refractivity contribution in [2.45, 2.75) is 38.5 Å². The Hall–Kier alpha value is -0.780. The molecule has 0 aromatic heterocycles. The Bertz CT molecular complexity index is 164. The first-order chi connectivity index (χ1) is 6.50. The minimum absolute atomic E-state index is 1.08. The highest BCUT2D eigenvalue weighted by Gasteiger charge is 1.84. The third kappa shape index (κ3) is 6.39. The average molecular weight is 175 g/mol. The molecule has 1 aliphatic carbocycles. The third-order valence-corrected chi connectivity index (χ3v) is 2.12. The molecule has 0 aromatic carbocycles. The number of hydrogen-bond donors (Lipinski definition) is 0. The van der Waals surface area contributed by atoms with E-state index in [0.717, 1.165) is 6.42 Å². The highest BCUT2D eigenvalue weighted by molar-refractivity contribution is 5.00. The van der Waals surface area contributed by atoms with Gasteiger partial charge in [0, 0.05) is 0 Å². The van der Waals surface area contributed by atoms with E-state index in [0.29, 0.717) is 0 Å². The van der Waals surface area contributed by atoms with Gasteiger partial charge in [0.1, 0.15) is 0 Å². The molecule has 0 saturated heterocycles. The molecule has 0 amide bonds. The van der Waals surface area contributed by atoms with Crippen LogP contribution in [-0.2, 0) is 0 Å². The van der Waals surface area contributed by atoms with Crippen LogP contribution in [0.3, 0.4) is 0 Å². The van der Waals surface area contributed by atoms with E-state index in [-0.39, 0.29) is 0 Å². The van der Waals surface area contributed by atoms with Crippen LogP contribution in [0, 0.1) is 6.42 Å². The van der Waals surface area contributed by atoms with Gasteiger partial charge in [0.25, 0.3) is 0 Å². The van der Waals surface area contributed by atoms with Crippen molar-refractivity contribution in [1.82, 2.24) is 0 Å². The molecule has 1 rings (SSSR count). The first-order valence-electron chi connectivity index (χ1n) is 5.28. The van der Waals surface area contributed by atoms with E-state index in [4.69, 9.17) is 0 Å². The van der Waals surface area contributed by atoms with Crippen LogP contribution in [0.5, 0.6) is 0 Å². The Balaban J connectivity index is 2.27. The Morgan fingerprint density at radius 1 is 0.615 bits per heavy atom. The second-order valence-electron chi connectivity index (χ2n) is 3.35. The van der Waals surface area contributed by atoms with Crippen LogP contribution < -0.4 is 0 Å². The summed E-state index contributed by atoms with van der Waals surface area (Å²) in [6, 6.07) is 0. The SMILES string of the molecule is [CH]1C=CCCCC=CCCC=CC1. The van der Waals surface area contributed by atoms with Crippen LogP contribution in [-0.4, -0.2) is 0 Å². The first kappa shape index (κ1) is 10.3. The molecule has 13 heavy (non-hydrogen) atoms. The first-order valence-corrected chi connectivity index (χ1v) is 5.28. The van der Waals surface area contributed by atoms with Gasteiger partial charge in [0.2, 0.25) is 0 Å². The molecule has 1 aliphatic rings. The zero-order chi connectivity index (χ0) is 9.19. The number of rotatable bonds is 0. The fourth-order valence-electron chi connectivity index (χ4n) is 1.35. The molecule has 0 saturated carbocycles. The normalized spacial score (nSPS) is 20.3. The third-order valence-electron chi connectivity index (χ3n) is 2.12. The van der Waals surface area contributed by atoms with Crippen molar-refractivity contribution in [3.63, 3.8) is 0 Å². The van der Waals surface area contributed by atoms with Crippen LogP contribution in [0.25, 0.3) is 0 Å². The molecule has 0 unspecified atom stereocenters. The van der Waals surface area contributed by atoms with Gasteiger partial charge >= 0.3 is 0 Å². The zero-order valence-electron chi connectivity index (χ0n) is 8.28. The van der Waals surface area contributed by atoms with Gasteiger partial charge in [-0.05, 0) is 44.9 Å². The summed E-state index contributed by atoms with van der Waals surface area (Å²) < 4.78 is 0. The number of allylic oxidation sites excluding steroid dienone is 6. The second-order valence-corrected chi connectivity index (χ2v) is 3.35. The molecular weight excluding hydrogens is 156 g/mol. The maximum atomic E-state index is 2.31. The van der Waals surface area contributed by atoms with Crippen LogP contribution in [0.2, 0.25) is 0 Å². The van der Waals surface area contributed by atoms with E-state index >= 15 is 0 Å². The van der Waals surface area contributed by atoms with Crippen molar-refractivity contribution in [1.29, 1.82) is 0 Å². The van der Waals surface area contributed by atoms with E-state index in [1.54, 1.807) is 0 Å². The summed E-state index contributed by atoms with van der Waals surface area (Å²) in [6.07, 6.45) is 23.0. The largest absolute Gasteiger partial charge is 0.0885 e. The molecule has 0 heterocycles. The van der Waals surface area contributed by atoms with Gasteiger partial charge in [-0.3, -0.25) is 0 Å². The van der Waals surface area contributed by atoms with Gasteiger partial charge in [-0.2, -0.15) is 0 Å². The predicted octanol–water partition coefficient (Wildman–Crippen LogP) is 4.21. The Labute approximate surface area is 82.0 Å². The zero-order valence-corrected chi connectivity index (χ0v) is 8.28. The molecule has 0 fully saturated rings. The van der Waals surface area contributed by atoms with E-state index in [1.165, 1.54) is 32.1 Å². The lowest BCUT2D eigenvalue weighted by Crippen LogP contribution is -1.70. The lowest BCUT2D eigenvalue weighted by atomic mass is 10.2. The van der Waals surface area contributed by atoms with E-state index < -0.39 is 0 Å². The minimum atomic E-state index is 1.08. The van der Waals surface area contributed by atoms with Gasteiger partial charge in [-0.15, -0.1) is 0 Å². The number of hydrogen-bond acceptors (Lipinski definition) is 0. The summed E-state index contributed by atoms with van der Waals surface area (Å²) in [7, 11) is 0. The van der Waals surface area contributed by atoms with Gasteiger partial charge in [0.05, 0.1) is 0 Å². The van der Waals surface area contributed by atoms with Crippen LogP contribution >= 0.6 is 0 Å². The lowest BCUT2D eigenvalue weighted by Gasteiger charge is -1.89. The van der Waals surface area contributed by atoms with Gasteiger partial charge in [-0.25, -0.2) is 0 Å². The van der Waals surface area contributed by atoms with Gasteiger partial charge in [0.15, 0.2) is 0 Å². The van der Waals surface area contributed by atoms with Crippen LogP contribution in [0.15, 0.2) is 36.5 Å². The van der Waals surface area contributed by atoms with Crippen molar-refractivity contribution >= 4 is 0 Å². The standard InChI is InChI=1S/C13H19/c1-2-4-6-8-10-12-13-11-9-7-5-3-1/h1-3,6,8,11,13H,4-5,7,9-10,12H2. The summed E-state index contributed by atoms with van der Waals surface area (Å²) >= 11 is 0. The molecule has 0 bridgehead atoms. The summed E-state index contributed by atoms with van der Waals surface area (Å²) in [5.74, 6) is 0. The smallest absolute Gasteiger partial charge is 0.0133 e. The maximum absolute atomic E-state index is 2.31. The lowest BCUT2D eigenvalue weighted by molar-refractivity contribution is 0.862. The fraction of sp³-hybridized carbons (Fsp3) is 0.462. The molecule has 0 nitrogen and oxygen atoms in total. The van der Waals surface area contributed by atoms with E-state index in [2.05, 4.69) is 42.9 Å². The second kappa shape index (κ2) is 7.85. The summed E-state index contributed by atoms with van der Waals surface area (Å²) in [4.78, 5) is 0. The molecular formula is C13H19. The molecule has 0 atom stereocenters.